The molecule has 0 aliphatic carbocycles. The molecule has 5 rings (SSSR count). The van der Waals surface area contributed by atoms with Gasteiger partial charge in [0, 0.05) is 56.3 Å². The van der Waals surface area contributed by atoms with Crippen LogP contribution in [0.25, 0.3) is 22.2 Å². The molecule has 1 aliphatic rings. The number of aryl methyl sites for hydroxylation is 1. The van der Waals surface area contributed by atoms with Crippen molar-refractivity contribution >= 4 is 30.7 Å². The Kier molecular flexibility index (Phi) is 9.45. The Morgan fingerprint density at radius 1 is 1.20 bits per heavy atom. The van der Waals surface area contributed by atoms with Gasteiger partial charge in [-0.05, 0) is 44.4 Å². The summed E-state index contributed by atoms with van der Waals surface area (Å²) in [6.45, 7) is 9.88. The minimum absolute atomic E-state index is 0.0138. The standard InChI is InChI=1S/C33H41N5O5Si/c1-23-10-11-24-19-25(30(41-2)20-27(24)35-23)28-21-34-32(38(28)22-42-17-18-44(3,4)5)33(15-12-31(40)36-33)14-8-6-7-9-29(39)26-13-16-43-37-26/h6,8,10-11,13,16,19-21H,7,9,12,14-15,17-18,22H2,1-5H3,(H,36,40). The van der Waals surface area contributed by atoms with Crippen molar-refractivity contribution < 1.29 is 23.6 Å². The second-order valence-corrected chi connectivity index (χ2v) is 18.2. The maximum absolute atomic E-state index is 12.7. The SMILES string of the molecule is COc1cc2nc(C)ccc2cc1-c1cnc(C2(CC=CCCC(=O)c3ccon3)CCC(=O)N2)n1COCC[Si](C)(C)C. The summed E-state index contributed by atoms with van der Waals surface area (Å²) in [5, 5.41) is 7.95. The maximum Gasteiger partial charge on any atom is 0.220 e. The molecule has 4 aromatic rings. The Morgan fingerprint density at radius 3 is 2.75 bits per heavy atom. The lowest BCUT2D eigenvalue weighted by molar-refractivity contribution is -0.119. The van der Waals surface area contributed by atoms with Crippen molar-refractivity contribution in [3.8, 4) is 17.0 Å². The summed E-state index contributed by atoms with van der Waals surface area (Å²) < 4.78 is 19.0. The Balaban J connectivity index is 1.48. The molecule has 44 heavy (non-hydrogen) atoms. The quantitative estimate of drug-likeness (QED) is 0.0746. The van der Waals surface area contributed by atoms with Gasteiger partial charge in [0.05, 0.1) is 24.5 Å². The molecule has 1 aromatic carbocycles. The van der Waals surface area contributed by atoms with E-state index in [1.165, 1.54) is 6.26 Å². The van der Waals surface area contributed by atoms with Crippen LogP contribution in [-0.2, 0) is 21.8 Å². The van der Waals surface area contributed by atoms with Crippen molar-refractivity contribution in [2.24, 2.45) is 0 Å². The first-order valence-corrected chi connectivity index (χ1v) is 18.8. The van der Waals surface area contributed by atoms with Gasteiger partial charge in [-0.15, -0.1) is 0 Å². The smallest absolute Gasteiger partial charge is 0.220 e. The molecule has 1 fully saturated rings. The van der Waals surface area contributed by atoms with E-state index in [1.54, 1.807) is 13.2 Å². The highest BCUT2D eigenvalue weighted by Gasteiger charge is 2.42. The molecular weight excluding hydrogens is 574 g/mol. The van der Waals surface area contributed by atoms with Gasteiger partial charge in [-0.3, -0.25) is 14.6 Å². The van der Waals surface area contributed by atoms with E-state index in [4.69, 9.17) is 19.0 Å². The van der Waals surface area contributed by atoms with Crippen LogP contribution in [0, 0.1) is 6.92 Å². The van der Waals surface area contributed by atoms with Gasteiger partial charge in [0.1, 0.15) is 35.8 Å². The highest BCUT2D eigenvalue weighted by Crippen LogP contribution is 2.40. The lowest BCUT2D eigenvalue weighted by atomic mass is 9.91. The number of Topliss-reactive ketones (excluding diaryl/α,β-unsaturated/α-hetero) is 1. The molecule has 0 radical (unpaired) electrons. The fourth-order valence-corrected chi connectivity index (χ4v) is 6.25. The number of carbonyl (C=O) groups is 2. The number of nitrogens with one attached hydrogen (secondary N) is 1. The number of hydrogen-bond donors (Lipinski definition) is 1. The molecule has 1 saturated heterocycles. The van der Waals surface area contributed by atoms with Crippen LogP contribution in [0.3, 0.4) is 0 Å². The second kappa shape index (κ2) is 13.3. The van der Waals surface area contributed by atoms with E-state index in [-0.39, 0.29) is 18.4 Å². The van der Waals surface area contributed by atoms with Crippen LogP contribution < -0.4 is 10.1 Å². The molecule has 10 nitrogen and oxygen atoms in total. The lowest BCUT2D eigenvalue weighted by Crippen LogP contribution is -2.41. The monoisotopic (exact) mass is 615 g/mol. The number of imidazole rings is 1. The Labute approximate surface area is 258 Å². The molecule has 0 spiro atoms. The van der Waals surface area contributed by atoms with E-state index in [2.05, 4.69) is 51.8 Å². The molecular formula is C33H41N5O5Si. The average molecular weight is 616 g/mol. The lowest BCUT2D eigenvalue weighted by Gasteiger charge is -2.29. The fraction of sp³-hybridized carbons (Fsp3) is 0.424. The van der Waals surface area contributed by atoms with Crippen molar-refractivity contribution in [2.45, 2.75) is 77.0 Å². The predicted molar refractivity (Wildman–Crippen MR) is 171 cm³/mol. The van der Waals surface area contributed by atoms with E-state index < -0.39 is 13.6 Å². The third kappa shape index (κ3) is 7.16. The van der Waals surface area contributed by atoms with Gasteiger partial charge in [-0.25, -0.2) is 4.98 Å². The summed E-state index contributed by atoms with van der Waals surface area (Å²) >= 11 is 0. The Morgan fingerprint density at radius 2 is 2.05 bits per heavy atom. The highest BCUT2D eigenvalue weighted by molar-refractivity contribution is 6.76. The summed E-state index contributed by atoms with van der Waals surface area (Å²) in [7, 11) is 0.359. The number of nitrogens with zero attached hydrogens (tertiary/aromatic N) is 4. The van der Waals surface area contributed by atoms with E-state index >= 15 is 0 Å². The number of pyridine rings is 1. The number of carbonyl (C=O) groups excluding carboxylic acids is 2. The van der Waals surface area contributed by atoms with Gasteiger partial charge in [0.2, 0.25) is 5.91 Å². The van der Waals surface area contributed by atoms with E-state index in [0.717, 1.165) is 39.7 Å². The molecule has 1 unspecified atom stereocenters. The van der Waals surface area contributed by atoms with Crippen LogP contribution in [0.15, 0.2) is 59.5 Å². The molecule has 1 amide bonds. The summed E-state index contributed by atoms with van der Waals surface area (Å²) in [6, 6.07) is 10.7. The number of aromatic nitrogens is 4. The predicted octanol–water partition coefficient (Wildman–Crippen LogP) is 6.43. The summed E-state index contributed by atoms with van der Waals surface area (Å²) in [4.78, 5) is 34.6. The average Bonchev–Trinajstić information content (AvgIpc) is 3.75. The van der Waals surface area contributed by atoms with Crippen molar-refractivity contribution in [3.05, 3.63) is 72.2 Å². The van der Waals surface area contributed by atoms with Gasteiger partial charge in [0.15, 0.2) is 5.78 Å². The number of amides is 1. The zero-order valence-corrected chi connectivity index (χ0v) is 27.2. The van der Waals surface area contributed by atoms with Crippen molar-refractivity contribution in [3.63, 3.8) is 0 Å². The zero-order valence-electron chi connectivity index (χ0n) is 26.2. The zero-order chi connectivity index (χ0) is 31.3. The van der Waals surface area contributed by atoms with Crippen molar-refractivity contribution in [1.82, 2.24) is 25.0 Å². The molecule has 1 aliphatic heterocycles. The number of ketones is 1. The Bertz CT molecular complexity index is 1660. The largest absolute Gasteiger partial charge is 0.496 e. The highest BCUT2D eigenvalue weighted by atomic mass is 28.3. The van der Waals surface area contributed by atoms with E-state index in [9.17, 15) is 9.59 Å². The number of benzene rings is 1. The third-order valence-electron chi connectivity index (χ3n) is 7.98. The second-order valence-electron chi connectivity index (χ2n) is 12.6. The first-order valence-electron chi connectivity index (χ1n) is 15.1. The number of hydrogen-bond acceptors (Lipinski definition) is 8. The number of rotatable bonds is 14. The first kappa shape index (κ1) is 31.3. The summed E-state index contributed by atoms with van der Waals surface area (Å²) in [5.74, 6) is 1.34. The normalized spacial score (nSPS) is 17.1. The minimum Gasteiger partial charge on any atom is -0.496 e. The topological polar surface area (TPSA) is 121 Å². The molecule has 1 N–H and O–H groups in total. The molecule has 11 heteroatoms. The van der Waals surface area contributed by atoms with E-state index in [1.807, 2.05) is 37.4 Å². The molecule has 0 saturated carbocycles. The molecule has 3 aromatic heterocycles. The minimum atomic E-state index is -1.30. The summed E-state index contributed by atoms with van der Waals surface area (Å²) in [6.07, 6.45) is 9.64. The third-order valence-corrected chi connectivity index (χ3v) is 9.68. The van der Waals surface area contributed by atoms with Crippen LogP contribution in [0.5, 0.6) is 5.75 Å². The molecule has 232 valence electrons. The maximum atomic E-state index is 12.7. The number of allylic oxidation sites excluding steroid dienone is 1. The van der Waals surface area contributed by atoms with Gasteiger partial charge in [0.25, 0.3) is 0 Å². The van der Waals surface area contributed by atoms with Gasteiger partial charge < -0.3 is 23.9 Å². The Hall–Kier alpha value is -4.09. The van der Waals surface area contributed by atoms with Crippen molar-refractivity contribution in [2.75, 3.05) is 13.7 Å². The number of methoxy groups -OCH3 is 1. The van der Waals surface area contributed by atoms with Crippen LogP contribution in [0.1, 0.15) is 54.1 Å². The number of ether oxygens (including phenoxy) is 2. The van der Waals surface area contributed by atoms with Gasteiger partial charge >= 0.3 is 0 Å². The molecule has 4 heterocycles. The fourth-order valence-electron chi connectivity index (χ4n) is 5.49. The van der Waals surface area contributed by atoms with Crippen LogP contribution in [0.4, 0.5) is 0 Å². The van der Waals surface area contributed by atoms with Gasteiger partial charge in [-0.2, -0.15) is 0 Å². The first-order chi connectivity index (χ1) is 21.1. The van der Waals surface area contributed by atoms with Crippen LogP contribution in [0.2, 0.25) is 25.7 Å². The van der Waals surface area contributed by atoms with Crippen molar-refractivity contribution in [1.29, 1.82) is 0 Å². The van der Waals surface area contributed by atoms with Crippen LogP contribution in [-0.4, -0.2) is 53.2 Å². The molecule has 1 atom stereocenters. The summed E-state index contributed by atoms with van der Waals surface area (Å²) in [5.41, 5.74) is 3.12. The van der Waals surface area contributed by atoms with Gasteiger partial charge in [-0.1, -0.05) is 43.0 Å². The van der Waals surface area contributed by atoms with E-state index in [0.29, 0.717) is 50.2 Å². The molecule has 0 bridgehead atoms. The van der Waals surface area contributed by atoms with Crippen LogP contribution >= 0.6 is 0 Å². The number of fused-ring (bicyclic) bond motifs is 1.